The lowest BCUT2D eigenvalue weighted by Gasteiger charge is -2.26. The number of likely N-dealkylation sites (tertiary alicyclic amines) is 2. The van der Waals surface area contributed by atoms with Crippen molar-refractivity contribution in [1.29, 1.82) is 0 Å². The van der Waals surface area contributed by atoms with Gasteiger partial charge in [0.05, 0.1) is 18.8 Å². The third-order valence-electron chi connectivity index (χ3n) is 5.06. The first-order chi connectivity index (χ1) is 11.2. The summed E-state index contributed by atoms with van der Waals surface area (Å²) in [5.74, 6) is 0.640. The maximum absolute atomic E-state index is 12.5. The second-order valence-corrected chi connectivity index (χ2v) is 6.75. The van der Waals surface area contributed by atoms with Gasteiger partial charge in [0.1, 0.15) is 6.10 Å². The van der Waals surface area contributed by atoms with Crippen LogP contribution in [0.5, 0.6) is 5.88 Å². The van der Waals surface area contributed by atoms with Gasteiger partial charge in [-0.05, 0) is 25.3 Å². The average molecular weight is 317 g/mol. The van der Waals surface area contributed by atoms with Gasteiger partial charge < -0.3 is 19.3 Å². The van der Waals surface area contributed by atoms with Crippen LogP contribution in [0.4, 0.5) is 4.79 Å². The van der Waals surface area contributed by atoms with Crippen LogP contribution < -0.4 is 4.74 Å². The van der Waals surface area contributed by atoms with Crippen molar-refractivity contribution in [3.63, 3.8) is 0 Å². The molecule has 2 amide bonds. The van der Waals surface area contributed by atoms with Crippen molar-refractivity contribution >= 4 is 6.03 Å². The van der Waals surface area contributed by atoms with Crippen LogP contribution in [0.3, 0.4) is 0 Å². The summed E-state index contributed by atoms with van der Waals surface area (Å²) in [6.45, 7) is 3.83. The Morgan fingerprint density at radius 2 is 2.13 bits per heavy atom. The summed E-state index contributed by atoms with van der Waals surface area (Å²) in [7, 11) is 0. The van der Waals surface area contributed by atoms with E-state index in [-0.39, 0.29) is 17.7 Å². The summed E-state index contributed by atoms with van der Waals surface area (Å²) in [5.41, 5.74) is -0.227. The first-order valence-electron chi connectivity index (χ1n) is 8.50. The highest BCUT2D eigenvalue weighted by molar-refractivity contribution is 5.75. The third kappa shape index (κ3) is 3.00. The zero-order valence-corrected chi connectivity index (χ0v) is 13.3. The highest BCUT2D eigenvalue weighted by Crippen LogP contribution is 2.37. The molecule has 0 aromatic carbocycles. The summed E-state index contributed by atoms with van der Waals surface area (Å²) in [5, 5.41) is 0. The molecule has 4 heterocycles. The highest BCUT2D eigenvalue weighted by Gasteiger charge is 2.48. The lowest BCUT2D eigenvalue weighted by Crippen LogP contribution is -2.43. The predicted molar refractivity (Wildman–Crippen MR) is 84.3 cm³/mol. The number of amides is 2. The lowest BCUT2D eigenvalue weighted by atomic mass is 9.98. The third-order valence-corrected chi connectivity index (χ3v) is 5.06. The number of carbonyl (C=O) groups excluding carboxylic acids is 1. The fraction of sp³-hybridized carbons (Fsp3) is 0.647. The molecule has 0 radical (unpaired) electrons. The van der Waals surface area contributed by atoms with Gasteiger partial charge in [0, 0.05) is 38.3 Å². The fourth-order valence-corrected chi connectivity index (χ4v) is 3.87. The van der Waals surface area contributed by atoms with Gasteiger partial charge in [-0.25, -0.2) is 9.78 Å². The van der Waals surface area contributed by atoms with E-state index in [1.807, 2.05) is 28.0 Å². The van der Waals surface area contributed by atoms with Gasteiger partial charge in [0.15, 0.2) is 0 Å². The fourth-order valence-electron chi connectivity index (χ4n) is 3.87. The zero-order chi connectivity index (χ0) is 15.7. The van der Waals surface area contributed by atoms with E-state index in [9.17, 15) is 4.79 Å². The number of urea groups is 1. The zero-order valence-electron chi connectivity index (χ0n) is 13.3. The van der Waals surface area contributed by atoms with Crippen molar-refractivity contribution in [3.05, 3.63) is 24.4 Å². The van der Waals surface area contributed by atoms with Crippen LogP contribution in [0.15, 0.2) is 24.4 Å². The molecule has 1 aromatic rings. The van der Waals surface area contributed by atoms with E-state index in [2.05, 4.69) is 4.98 Å². The molecule has 6 nitrogen and oxygen atoms in total. The Balaban J connectivity index is 1.34. The molecule has 3 aliphatic rings. The lowest BCUT2D eigenvalue weighted by molar-refractivity contribution is 0.0112. The second kappa shape index (κ2) is 6.00. The van der Waals surface area contributed by atoms with Crippen LogP contribution in [0.2, 0.25) is 0 Å². The molecule has 23 heavy (non-hydrogen) atoms. The first-order valence-corrected chi connectivity index (χ1v) is 8.50. The molecule has 3 fully saturated rings. The van der Waals surface area contributed by atoms with Gasteiger partial charge in [0.25, 0.3) is 0 Å². The van der Waals surface area contributed by atoms with Crippen molar-refractivity contribution in [2.45, 2.75) is 37.4 Å². The van der Waals surface area contributed by atoms with Crippen LogP contribution in [0.25, 0.3) is 0 Å². The summed E-state index contributed by atoms with van der Waals surface area (Å²) >= 11 is 0. The van der Waals surface area contributed by atoms with E-state index in [1.54, 1.807) is 6.20 Å². The number of pyridine rings is 1. The molecule has 0 N–H and O–H groups in total. The summed E-state index contributed by atoms with van der Waals surface area (Å²) in [6, 6.07) is 5.83. The second-order valence-electron chi connectivity index (χ2n) is 6.75. The minimum absolute atomic E-state index is 0.0201. The number of nitrogens with zero attached hydrogens (tertiary/aromatic N) is 3. The van der Waals surface area contributed by atoms with Crippen LogP contribution in [-0.2, 0) is 4.74 Å². The van der Waals surface area contributed by atoms with Crippen molar-refractivity contribution in [1.82, 2.24) is 14.8 Å². The normalized spacial score (nSPS) is 30.3. The molecule has 0 bridgehead atoms. The van der Waals surface area contributed by atoms with E-state index in [0.29, 0.717) is 19.0 Å². The highest BCUT2D eigenvalue weighted by atomic mass is 16.6. The van der Waals surface area contributed by atoms with E-state index in [4.69, 9.17) is 9.47 Å². The van der Waals surface area contributed by atoms with Gasteiger partial charge in [-0.3, -0.25) is 0 Å². The SMILES string of the molecule is O=C(N1CCCC1)N1CC[C@]2(C[C@H](Oc3ccccn3)CO2)C1. The number of aromatic nitrogens is 1. The largest absolute Gasteiger partial charge is 0.472 e. The molecule has 3 saturated heterocycles. The molecule has 0 aliphatic carbocycles. The van der Waals surface area contributed by atoms with Crippen LogP contribution in [-0.4, -0.2) is 65.3 Å². The van der Waals surface area contributed by atoms with Crippen molar-refractivity contribution < 1.29 is 14.3 Å². The first kappa shape index (κ1) is 14.8. The number of carbonyl (C=O) groups is 1. The Morgan fingerprint density at radius 3 is 2.91 bits per heavy atom. The van der Waals surface area contributed by atoms with Crippen LogP contribution in [0.1, 0.15) is 25.7 Å². The quantitative estimate of drug-likeness (QED) is 0.836. The standard InChI is InChI=1S/C17H23N3O3/c21-16(19-8-3-4-9-19)20-10-6-17(13-20)11-14(12-22-17)23-15-5-1-2-7-18-15/h1-2,5,7,14H,3-4,6,8-13H2/t14-,17-/m0/s1. The Hall–Kier alpha value is -1.82. The van der Waals surface area contributed by atoms with E-state index in [0.717, 1.165) is 45.3 Å². The van der Waals surface area contributed by atoms with Gasteiger partial charge in [-0.1, -0.05) is 6.07 Å². The molecule has 124 valence electrons. The van der Waals surface area contributed by atoms with Crippen molar-refractivity contribution in [2.24, 2.45) is 0 Å². The average Bonchev–Trinajstić information content (AvgIpc) is 3.31. The van der Waals surface area contributed by atoms with E-state index < -0.39 is 0 Å². The Bertz CT molecular complexity index is 561. The molecule has 3 aliphatic heterocycles. The minimum Gasteiger partial charge on any atom is -0.472 e. The molecule has 1 aromatic heterocycles. The number of rotatable bonds is 2. The number of ether oxygens (including phenoxy) is 2. The van der Waals surface area contributed by atoms with Crippen LogP contribution >= 0.6 is 0 Å². The van der Waals surface area contributed by atoms with Crippen molar-refractivity contribution in [3.8, 4) is 5.88 Å². The topological polar surface area (TPSA) is 54.9 Å². The Morgan fingerprint density at radius 1 is 1.26 bits per heavy atom. The van der Waals surface area contributed by atoms with Crippen LogP contribution in [0, 0.1) is 0 Å². The molecule has 1 spiro atoms. The smallest absolute Gasteiger partial charge is 0.320 e. The summed E-state index contributed by atoms with van der Waals surface area (Å²) < 4.78 is 12.0. The summed E-state index contributed by atoms with van der Waals surface area (Å²) in [4.78, 5) is 20.6. The van der Waals surface area contributed by atoms with Crippen molar-refractivity contribution in [2.75, 3.05) is 32.8 Å². The minimum atomic E-state index is -0.227. The summed E-state index contributed by atoms with van der Waals surface area (Å²) in [6.07, 6.45) is 5.73. The number of hydrogen-bond donors (Lipinski definition) is 0. The number of hydrogen-bond acceptors (Lipinski definition) is 4. The maximum Gasteiger partial charge on any atom is 0.320 e. The monoisotopic (exact) mass is 317 g/mol. The molecule has 2 atom stereocenters. The molecule has 0 saturated carbocycles. The van der Waals surface area contributed by atoms with Gasteiger partial charge in [-0.2, -0.15) is 0 Å². The molecule has 6 heteroatoms. The molecular formula is C17H23N3O3. The Kier molecular flexibility index (Phi) is 3.85. The van der Waals surface area contributed by atoms with E-state index in [1.165, 1.54) is 0 Å². The molecule has 4 rings (SSSR count). The van der Waals surface area contributed by atoms with Gasteiger partial charge >= 0.3 is 6.03 Å². The van der Waals surface area contributed by atoms with E-state index >= 15 is 0 Å². The van der Waals surface area contributed by atoms with Gasteiger partial charge in [0.2, 0.25) is 5.88 Å². The molecule has 0 unspecified atom stereocenters. The predicted octanol–water partition coefficient (Wildman–Crippen LogP) is 1.91. The maximum atomic E-state index is 12.5. The van der Waals surface area contributed by atoms with Gasteiger partial charge in [-0.15, -0.1) is 0 Å². The Labute approximate surface area is 136 Å². The molecular weight excluding hydrogens is 294 g/mol.